The highest BCUT2D eigenvalue weighted by atomic mass is 16.6. The van der Waals surface area contributed by atoms with Gasteiger partial charge >= 0.3 is 6.09 Å². The molecule has 0 aliphatic carbocycles. The van der Waals surface area contributed by atoms with Crippen LogP contribution in [0, 0.1) is 17.2 Å². The summed E-state index contributed by atoms with van der Waals surface area (Å²) in [7, 11) is 0. The van der Waals surface area contributed by atoms with Crippen LogP contribution >= 0.6 is 0 Å². The van der Waals surface area contributed by atoms with Crippen LogP contribution in [0.25, 0.3) is 0 Å². The van der Waals surface area contributed by atoms with Crippen LogP contribution in [-0.2, 0) is 9.47 Å². The lowest BCUT2D eigenvalue weighted by Gasteiger charge is -2.36. The third-order valence-electron chi connectivity index (χ3n) is 6.30. The van der Waals surface area contributed by atoms with E-state index in [0.29, 0.717) is 37.6 Å². The molecule has 170 valence electrons. The fourth-order valence-corrected chi connectivity index (χ4v) is 4.72. The molecule has 2 saturated heterocycles. The number of carbonyl (C=O) groups excluding carboxylic acids is 1. The van der Waals surface area contributed by atoms with Crippen molar-refractivity contribution in [3.05, 3.63) is 77.2 Å². The van der Waals surface area contributed by atoms with Crippen LogP contribution in [0.3, 0.4) is 0 Å². The van der Waals surface area contributed by atoms with Crippen LogP contribution in [0.4, 0.5) is 4.79 Å². The number of hydrogen-bond donors (Lipinski definition) is 3. The molecule has 9 nitrogen and oxygen atoms in total. The molecule has 5 rings (SSSR count). The molecule has 0 saturated carbocycles. The standard InChI is InChI=1S/C24H25N5O4/c25-14-18-19(16-7-4-8-17(13-16)32-24(30)29-9-11-31-12-10-29)20-21(15-5-2-1-3-6-15)27-28-23(20)33-22(18)26/h1-8,13,19-21,23,27-28H,9-12,26H2. The minimum Gasteiger partial charge on any atom is -0.458 e. The van der Waals surface area contributed by atoms with Gasteiger partial charge in [-0.1, -0.05) is 42.5 Å². The van der Waals surface area contributed by atoms with Crippen molar-refractivity contribution in [1.29, 1.82) is 5.26 Å². The number of hydrazine groups is 1. The maximum absolute atomic E-state index is 12.6. The molecular formula is C24H25N5O4. The van der Waals surface area contributed by atoms with Crippen molar-refractivity contribution in [2.75, 3.05) is 26.3 Å². The van der Waals surface area contributed by atoms with Crippen molar-refractivity contribution >= 4 is 6.09 Å². The van der Waals surface area contributed by atoms with Crippen molar-refractivity contribution < 1.29 is 19.0 Å². The minimum atomic E-state index is -0.420. The topological polar surface area (TPSA) is 122 Å². The Morgan fingerprint density at radius 1 is 1.09 bits per heavy atom. The number of nitrogens with two attached hydrogens (primary N) is 1. The summed E-state index contributed by atoms with van der Waals surface area (Å²) in [6.45, 7) is 1.99. The summed E-state index contributed by atoms with van der Waals surface area (Å²) in [5.41, 5.74) is 14.9. The van der Waals surface area contributed by atoms with E-state index in [1.54, 1.807) is 17.0 Å². The number of fused-ring (bicyclic) bond motifs is 1. The second-order valence-electron chi connectivity index (χ2n) is 8.20. The van der Waals surface area contributed by atoms with Gasteiger partial charge in [0, 0.05) is 24.9 Å². The largest absolute Gasteiger partial charge is 0.458 e. The van der Waals surface area contributed by atoms with Crippen molar-refractivity contribution in [3.8, 4) is 11.8 Å². The predicted molar refractivity (Wildman–Crippen MR) is 118 cm³/mol. The normalized spacial score (nSPS) is 26.8. The quantitative estimate of drug-likeness (QED) is 0.654. The second kappa shape index (κ2) is 9.11. The summed E-state index contributed by atoms with van der Waals surface area (Å²) in [4.78, 5) is 14.2. The van der Waals surface area contributed by atoms with E-state index in [-0.39, 0.29) is 23.8 Å². The molecule has 4 N–H and O–H groups in total. The number of amides is 1. The van der Waals surface area contributed by atoms with Gasteiger partial charge < -0.3 is 24.8 Å². The van der Waals surface area contributed by atoms with E-state index >= 15 is 0 Å². The Hall–Kier alpha value is -3.58. The number of allylic oxidation sites excluding steroid dienone is 1. The van der Waals surface area contributed by atoms with Crippen LogP contribution in [0.15, 0.2) is 66.1 Å². The summed E-state index contributed by atoms with van der Waals surface area (Å²) in [5.74, 6) is 0.00332. The first-order valence-corrected chi connectivity index (χ1v) is 10.9. The number of rotatable bonds is 3. The zero-order chi connectivity index (χ0) is 22.8. The first-order valence-electron chi connectivity index (χ1n) is 10.9. The molecule has 3 aliphatic rings. The SMILES string of the molecule is N#CC1=C(N)OC2NNC(c3ccccc3)C2C1c1cccc(OC(=O)N2CCOCC2)c1. The van der Waals surface area contributed by atoms with Gasteiger partial charge in [-0.05, 0) is 23.3 Å². The zero-order valence-electron chi connectivity index (χ0n) is 17.9. The Kier molecular flexibility index (Phi) is 5.88. The van der Waals surface area contributed by atoms with Gasteiger partial charge in [0.25, 0.3) is 0 Å². The van der Waals surface area contributed by atoms with Crippen molar-refractivity contribution in [1.82, 2.24) is 15.8 Å². The number of nitrogens with zero attached hydrogens (tertiary/aromatic N) is 2. The number of benzene rings is 2. The van der Waals surface area contributed by atoms with Gasteiger partial charge in [-0.2, -0.15) is 5.26 Å². The zero-order valence-corrected chi connectivity index (χ0v) is 17.9. The fraction of sp³-hybridized carbons (Fsp3) is 0.333. The number of nitrogens with one attached hydrogen (secondary N) is 2. The third kappa shape index (κ3) is 4.12. The Balaban J connectivity index is 1.47. The lowest BCUT2D eigenvalue weighted by atomic mass is 9.74. The first kappa shape index (κ1) is 21.3. The maximum Gasteiger partial charge on any atom is 0.415 e. The van der Waals surface area contributed by atoms with Gasteiger partial charge in [-0.15, -0.1) is 0 Å². The summed E-state index contributed by atoms with van der Waals surface area (Å²) < 4.78 is 16.8. The molecule has 33 heavy (non-hydrogen) atoms. The fourth-order valence-electron chi connectivity index (χ4n) is 4.72. The predicted octanol–water partition coefficient (Wildman–Crippen LogP) is 2.12. The number of ether oxygens (including phenoxy) is 3. The van der Waals surface area contributed by atoms with E-state index in [1.165, 1.54) is 0 Å². The van der Waals surface area contributed by atoms with E-state index in [4.69, 9.17) is 19.9 Å². The van der Waals surface area contributed by atoms with E-state index in [0.717, 1.165) is 11.1 Å². The summed E-state index contributed by atoms with van der Waals surface area (Å²) in [6, 6.07) is 19.4. The molecule has 0 radical (unpaired) electrons. The Morgan fingerprint density at radius 3 is 2.61 bits per heavy atom. The Morgan fingerprint density at radius 2 is 1.85 bits per heavy atom. The molecule has 2 fully saturated rings. The highest BCUT2D eigenvalue weighted by Gasteiger charge is 2.49. The summed E-state index contributed by atoms with van der Waals surface area (Å²) in [5, 5.41) is 9.94. The molecule has 4 unspecified atom stereocenters. The molecule has 1 amide bonds. The van der Waals surface area contributed by atoms with E-state index in [2.05, 4.69) is 16.9 Å². The lowest BCUT2D eigenvalue weighted by molar-refractivity contribution is 0.0339. The maximum atomic E-state index is 12.6. The van der Waals surface area contributed by atoms with Crippen molar-refractivity contribution in [2.45, 2.75) is 18.2 Å². The van der Waals surface area contributed by atoms with E-state index in [1.807, 2.05) is 42.5 Å². The van der Waals surface area contributed by atoms with Gasteiger partial charge in [0.05, 0.1) is 24.8 Å². The van der Waals surface area contributed by atoms with Gasteiger partial charge in [0.1, 0.15) is 11.8 Å². The van der Waals surface area contributed by atoms with E-state index in [9.17, 15) is 10.1 Å². The number of nitriles is 1. The Bertz CT molecular complexity index is 1090. The molecule has 0 bridgehead atoms. The molecule has 2 aromatic rings. The van der Waals surface area contributed by atoms with Crippen molar-refractivity contribution in [3.63, 3.8) is 0 Å². The molecule has 0 spiro atoms. The van der Waals surface area contributed by atoms with Gasteiger partial charge in [0.2, 0.25) is 5.88 Å². The molecule has 2 aromatic carbocycles. The number of morpholine rings is 1. The highest BCUT2D eigenvalue weighted by molar-refractivity contribution is 5.71. The molecule has 0 aromatic heterocycles. The molecule has 3 aliphatic heterocycles. The van der Waals surface area contributed by atoms with Gasteiger partial charge in [-0.25, -0.2) is 15.6 Å². The smallest absolute Gasteiger partial charge is 0.415 e. The highest BCUT2D eigenvalue weighted by Crippen LogP contribution is 2.47. The van der Waals surface area contributed by atoms with Crippen LogP contribution in [0.2, 0.25) is 0 Å². The molecular weight excluding hydrogens is 422 g/mol. The third-order valence-corrected chi connectivity index (χ3v) is 6.30. The summed E-state index contributed by atoms with van der Waals surface area (Å²) >= 11 is 0. The average Bonchev–Trinajstić information content (AvgIpc) is 3.27. The minimum absolute atomic E-state index is 0.0995. The molecule has 4 atom stereocenters. The molecule has 3 heterocycles. The van der Waals surface area contributed by atoms with Crippen molar-refractivity contribution in [2.24, 2.45) is 11.7 Å². The number of hydrogen-bond acceptors (Lipinski definition) is 8. The monoisotopic (exact) mass is 447 g/mol. The average molecular weight is 447 g/mol. The lowest BCUT2D eigenvalue weighted by Crippen LogP contribution is -2.42. The van der Waals surface area contributed by atoms with Crippen LogP contribution in [-0.4, -0.2) is 43.5 Å². The van der Waals surface area contributed by atoms with E-state index < -0.39 is 12.3 Å². The second-order valence-corrected chi connectivity index (χ2v) is 8.20. The van der Waals surface area contributed by atoms with Crippen LogP contribution < -0.4 is 21.3 Å². The van der Waals surface area contributed by atoms with Crippen LogP contribution in [0.1, 0.15) is 23.1 Å². The van der Waals surface area contributed by atoms with Gasteiger partial charge in [0.15, 0.2) is 6.23 Å². The number of carbonyl (C=O) groups is 1. The first-order chi connectivity index (χ1) is 16.2. The Labute approximate surface area is 191 Å². The van der Waals surface area contributed by atoms with Gasteiger partial charge in [-0.3, -0.25) is 0 Å². The van der Waals surface area contributed by atoms with Crippen LogP contribution in [0.5, 0.6) is 5.75 Å². The molecule has 9 heteroatoms. The summed E-state index contributed by atoms with van der Waals surface area (Å²) in [6.07, 6.45) is -0.834.